The highest BCUT2D eigenvalue weighted by molar-refractivity contribution is 5.98. The normalized spacial score (nSPS) is 18.3. The van der Waals surface area contributed by atoms with Gasteiger partial charge in [0.1, 0.15) is 5.54 Å². The molecule has 1 aliphatic heterocycles. The molecule has 138 valence electrons. The Morgan fingerprint density at radius 3 is 2.35 bits per heavy atom. The minimum atomic E-state index is -1.07. The van der Waals surface area contributed by atoms with E-state index in [1.54, 1.807) is 6.92 Å². The van der Waals surface area contributed by atoms with E-state index in [1.807, 2.05) is 42.5 Å². The van der Waals surface area contributed by atoms with E-state index in [0.717, 1.165) is 23.7 Å². The maximum atomic E-state index is 12.6. The number of hydrogen-bond donors (Lipinski definition) is 2. The third-order valence-electron chi connectivity index (χ3n) is 5.34. The average Bonchev–Trinajstić information content (AvgIpc) is 2.66. The Kier molecular flexibility index (Phi) is 5.74. The van der Waals surface area contributed by atoms with Crippen LogP contribution in [0.5, 0.6) is 0 Å². The van der Waals surface area contributed by atoms with Gasteiger partial charge in [0.15, 0.2) is 0 Å². The van der Waals surface area contributed by atoms with E-state index in [2.05, 4.69) is 29.3 Å². The van der Waals surface area contributed by atoms with E-state index >= 15 is 0 Å². The first kappa shape index (κ1) is 18.6. The van der Waals surface area contributed by atoms with E-state index in [0.29, 0.717) is 0 Å². The number of nitrogens with zero attached hydrogens (tertiary/aromatic N) is 1. The van der Waals surface area contributed by atoms with E-state index in [-0.39, 0.29) is 5.91 Å². The summed E-state index contributed by atoms with van der Waals surface area (Å²) >= 11 is 0. The molecule has 0 radical (unpaired) electrons. The number of benzene rings is 2. The summed E-state index contributed by atoms with van der Waals surface area (Å²) in [6.07, 6.45) is 2.56. The topological polar surface area (TPSA) is 58.4 Å². The third kappa shape index (κ3) is 4.51. The summed E-state index contributed by atoms with van der Waals surface area (Å²) in [6, 6.07) is 17.5. The Labute approximate surface area is 156 Å². The molecule has 3 N–H and O–H groups in total. The van der Waals surface area contributed by atoms with Crippen LogP contribution in [0, 0.1) is 5.92 Å². The molecule has 1 heterocycles. The number of hydrogen-bond acceptors (Lipinski definition) is 3. The summed E-state index contributed by atoms with van der Waals surface area (Å²) in [7, 11) is 0. The molecular formula is C22H29N3O. The highest BCUT2D eigenvalue weighted by atomic mass is 16.2. The molecule has 4 heteroatoms. The summed E-state index contributed by atoms with van der Waals surface area (Å²) in [4.78, 5) is 15.1. The fourth-order valence-electron chi connectivity index (χ4n) is 3.35. The lowest BCUT2D eigenvalue weighted by Gasteiger charge is -2.30. The Morgan fingerprint density at radius 1 is 1.12 bits per heavy atom. The van der Waals surface area contributed by atoms with Gasteiger partial charge in [-0.15, -0.1) is 0 Å². The van der Waals surface area contributed by atoms with Crippen molar-refractivity contribution >= 4 is 11.6 Å². The number of amides is 1. The summed E-state index contributed by atoms with van der Waals surface area (Å²) in [5.41, 5.74) is 8.06. The number of likely N-dealkylation sites (tertiary alicyclic amines) is 1. The van der Waals surface area contributed by atoms with Gasteiger partial charge in [0, 0.05) is 12.2 Å². The van der Waals surface area contributed by atoms with Crippen molar-refractivity contribution in [2.45, 2.75) is 38.8 Å². The van der Waals surface area contributed by atoms with Crippen LogP contribution in [0.1, 0.15) is 37.8 Å². The first-order chi connectivity index (χ1) is 12.4. The number of anilines is 1. The first-order valence-electron chi connectivity index (χ1n) is 9.42. The van der Waals surface area contributed by atoms with Gasteiger partial charge in [0.05, 0.1) is 0 Å². The zero-order chi connectivity index (χ0) is 18.6. The summed E-state index contributed by atoms with van der Waals surface area (Å²) < 4.78 is 0. The van der Waals surface area contributed by atoms with Crippen LogP contribution in [0.4, 0.5) is 5.69 Å². The molecule has 26 heavy (non-hydrogen) atoms. The number of carbonyl (C=O) groups is 1. The van der Waals surface area contributed by atoms with Gasteiger partial charge >= 0.3 is 0 Å². The molecule has 1 amide bonds. The Morgan fingerprint density at radius 2 is 1.73 bits per heavy atom. The maximum absolute atomic E-state index is 12.6. The molecule has 0 aliphatic carbocycles. The van der Waals surface area contributed by atoms with Gasteiger partial charge in [0.2, 0.25) is 5.91 Å². The standard InChI is InChI=1S/C22H29N3O/c1-17-12-14-25(15-13-17)16-18-8-10-20(11-9-18)24-21(26)22(2,23)19-6-4-3-5-7-19/h3-11,17H,12-16,23H2,1-2H3,(H,24,26). The SMILES string of the molecule is CC1CCN(Cc2ccc(NC(=O)C(C)(N)c3ccccc3)cc2)CC1. The van der Waals surface area contributed by atoms with Crippen molar-refractivity contribution in [1.82, 2.24) is 4.90 Å². The van der Waals surface area contributed by atoms with Crippen LogP contribution in [-0.4, -0.2) is 23.9 Å². The summed E-state index contributed by atoms with van der Waals surface area (Å²) in [6.45, 7) is 7.38. The van der Waals surface area contributed by atoms with Gasteiger partial charge < -0.3 is 11.1 Å². The molecule has 1 unspecified atom stereocenters. The number of rotatable bonds is 5. The lowest BCUT2D eigenvalue weighted by Crippen LogP contribution is -2.45. The van der Waals surface area contributed by atoms with Gasteiger partial charge in [-0.1, -0.05) is 49.4 Å². The van der Waals surface area contributed by atoms with Crippen LogP contribution in [0.2, 0.25) is 0 Å². The molecular weight excluding hydrogens is 322 g/mol. The molecule has 0 saturated carbocycles. The number of piperidine rings is 1. The second-order valence-electron chi connectivity index (χ2n) is 7.68. The quantitative estimate of drug-likeness (QED) is 0.863. The smallest absolute Gasteiger partial charge is 0.248 e. The molecule has 1 saturated heterocycles. The molecule has 1 atom stereocenters. The molecule has 0 spiro atoms. The van der Waals surface area contributed by atoms with Crippen molar-refractivity contribution in [2.75, 3.05) is 18.4 Å². The van der Waals surface area contributed by atoms with Crippen molar-refractivity contribution in [2.24, 2.45) is 11.7 Å². The minimum Gasteiger partial charge on any atom is -0.324 e. The second-order valence-corrected chi connectivity index (χ2v) is 7.68. The second kappa shape index (κ2) is 8.02. The van der Waals surface area contributed by atoms with E-state index in [4.69, 9.17) is 5.73 Å². The van der Waals surface area contributed by atoms with E-state index < -0.39 is 5.54 Å². The average molecular weight is 351 g/mol. The van der Waals surface area contributed by atoms with Gasteiger partial charge in [-0.2, -0.15) is 0 Å². The first-order valence-corrected chi connectivity index (χ1v) is 9.42. The molecule has 1 fully saturated rings. The molecule has 4 nitrogen and oxygen atoms in total. The molecule has 0 aromatic heterocycles. The van der Waals surface area contributed by atoms with E-state index in [9.17, 15) is 4.79 Å². The van der Waals surface area contributed by atoms with Crippen molar-refractivity contribution < 1.29 is 4.79 Å². The van der Waals surface area contributed by atoms with Crippen LogP contribution in [0.25, 0.3) is 0 Å². The Bertz CT molecular complexity index is 717. The van der Waals surface area contributed by atoms with Gasteiger partial charge in [-0.25, -0.2) is 0 Å². The zero-order valence-corrected chi connectivity index (χ0v) is 15.7. The predicted molar refractivity (Wildman–Crippen MR) is 107 cm³/mol. The van der Waals surface area contributed by atoms with Gasteiger partial charge in [-0.05, 0) is 62.0 Å². The molecule has 0 bridgehead atoms. The van der Waals surface area contributed by atoms with Gasteiger partial charge in [-0.3, -0.25) is 9.69 Å². The highest BCUT2D eigenvalue weighted by Gasteiger charge is 2.30. The van der Waals surface area contributed by atoms with Crippen molar-refractivity contribution in [3.63, 3.8) is 0 Å². The Hall–Kier alpha value is -2.17. The van der Waals surface area contributed by atoms with Crippen LogP contribution >= 0.6 is 0 Å². The number of nitrogens with one attached hydrogen (secondary N) is 1. The van der Waals surface area contributed by atoms with E-state index in [1.165, 1.54) is 31.5 Å². The monoisotopic (exact) mass is 351 g/mol. The Balaban J connectivity index is 1.59. The third-order valence-corrected chi connectivity index (χ3v) is 5.34. The lowest BCUT2D eigenvalue weighted by atomic mass is 9.92. The molecule has 1 aliphatic rings. The summed E-state index contributed by atoms with van der Waals surface area (Å²) in [5.74, 6) is 0.639. The van der Waals surface area contributed by atoms with Crippen molar-refractivity contribution in [3.8, 4) is 0 Å². The fraction of sp³-hybridized carbons (Fsp3) is 0.409. The zero-order valence-electron chi connectivity index (χ0n) is 15.7. The number of carbonyl (C=O) groups excluding carboxylic acids is 1. The predicted octanol–water partition coefficient (Wildman–Crippen LogP) is 3.73. The van der Waals surface area contributed by atoms with Crippen LogP contribution in [0.3, 0.4) is 0 Å². The van der Waals surface area contributed by atoms with Crippen molar-refractivity contribution in [1.29, 1.82) is 0 Å². The molecule has 2 aromatic carbocycles. The largest absolute Gasteiger partial charge is 0.324 e. The van der Waals surface area contributed by atoms with Crippen LogP contribution in [-0.2, 0) is 16.9 Å². The fourth-order valence-corrected chi connectivity index (χ4v) is 3.35. The molecule has 3 rings (SSSR count). The minimum absolute atomic E-state index is 0.207. The van der Waals surface area contributed by atoms with Crippen LogP contribution in [0.15, 0.2) is 54.6 Å². The lowest BCUT2D eigenvalue weighted by molar-refractivity contribution is -0.120. The maximum Gasteiger partial charge on any atom is 0.248 e. The number of nitrogens with two attached hydrogens (primary N) is 1. The highest BCUT2D eigenvalue weighted by Crippen LogP contribution is 2.21. The molecule has 2 aromatic rings. The van der Waals surface area contributed by atoms with Crippen molar-refractivity contribution in [3.05, 3.63) is 65.7 Å². The van der Waals surface area contributed by atoms with Gasteiger partial charge in [0.25, 0.3) is 0 Å². The summed E-state index contributed by atoms with van der Waals surface area (Å²) in [5, 5.41) is 2.94. The van der Waals surface area contributed by atoms with Crippen LogP contribution < -0.4 is 11.1 Å².